The van der Waals surface area contributed by atoms with E-state index in [1.165, 1.54) is 6.26 Å². The lowest BCUT2D eigenvalue weighted by atomic mass is 10.2. The summed E-state index contributed by atoms with van der Waals surface area (Å²) in [6.07, 6.45) is 3.79. The second-order valence-corrected chi connectivity index (χ2v) is 5.91. The van der Waals surface area contributed by atoms with E-state index in [0.717, 1.165) is 19.3 Å². The van der Waals surface area contributed by atoms with Crippen LogP contribution in [0, 0.1) is 0 Å². The van der Waals surface area contributed by atoms with Crippen LogP contribution in [0.25, 0.3) is 0 Å². The number of halogens is 1. The molecule has 0 N–H and O–H groups in total. The Bertz CT molecular complexity index is 185. The van der Waals surface area contributed by atoms with E-state index in [4.69, 9.17) is 11.6 Å². The minimum Gasteiger partial charge on any atom is -0.229 e. The largest absolute Gasteiger partial charge is 0.229 e. The highest BCUT2D eigenvalue weighted by Gasteiger charge is 2.02. The minimum absolute atomic E-state index is 0.162. The molecule has 0 radical (unpaired) electrons. The molecule has 0 heterocycles. The lowest BCUT2D eigenvalue weighted by molar-refractivity contribution is 0.595. The Morgan fingerprint density at radius 3 is 2.27 bits per heavy atom. The molecule has 0 aromatic rings. The summed E-state index contributed by atoms with van der Waals surface area (Å²) in [5, 5.41) is 0.162. The van der Waals surface area contributed by atoms with Gasteiger partial charge in [0.2, 0.25) is 0 Å². The Balaban J connectivity index is 3.30. The van der Waals surface area contributed by atoms with E-state index < -0.39 is 9.84 Å². The van der Waals surface area contributed by atoms with Gasteiger partial charge in [-0.05, 0) is 19.8 Å². The smallest absolute Gasteiger partial charge is 0.147 e. The van der Waals surface area contributed by atoms with Crippen LogP contribution in [0.1, 0.15) is 26.2 Å². The average Bonchev–Trinajstić information content (AvgIpc) is 1.78. The molecule has 0 spiro atoms. The van der Waals surface area contributed by atoms with E-state index >= 15 is 0 Å². The molecule has 68 valence electrons. The summed E-state index contributed by atoms with van der Waals surface area (Å²) in [6.45, 7) is 1.92. The van der Waals surface area contributed by atoms with E-state index in [-0.39, 0.29) is 11.1 Å². The van der Waals surface area contributed by atoms with Gasteiger partial charge in [0.1, 0.15) is 9.84 Å². The Labute approximate surface area is 73.9 Å². The Hall–Kier alpha value is 0.240. The van der Waals surface area contributed by atoms with E-state index in [0.29, 0.717) is 0 Å². The Morgan fingerprint density at radius 1 is 1.36 bits per heavy atom. The van der Waals surface area contributed by atoms with Crippen molar-refractivity contribution in [2.45, 2.75) is 31.6 Å². The van der Waals surface area contributed by atoms with E-state index in [1.807, 2.05) is 6.92 Å². The summed E-state index contributed by atoms with van der Waals surface area (Å²) in [4.78, 5) is 0. The standard InChI is InChI=1S/C7H15ClO2S/c1-7(8)5-3-4-6-11(2,9)10/h7H,3-6H2,1-2H3. The second-order valence-electron chi connectivity index (χ2n) is 2.91. The monoisotopic (exact) mass is 198 g/mol. The average molecular weight is 199 g/mol. The third-order valence-electron chi connectivity index (χ3n) is 1.37. The van der Waals surface area contributed by atoms with Crippen LogP contribution in [0.5, 0.6) is 0 Å². The predicted molar refractivity (Wildman–Crippen MR) is 48.9 cm³/mol. The summed E-state index contributed by atoms with van der Waals surface area (Å²) in [5.41, 5.74) is 0. The highest BCUT2D eigenvalue weighted by atomic mass is 35.5. The summed E-state index contributed by atoms with van der Waals surface area (Å²) in [7, 11) is -2.77. The quantitative estimate of drug-likeness (QED) is 0.499. The fourth-order valence-corrected chi connectivity index (χ4v) is 1.67. The molecular weight excluding hydrogens is 184 g/mol. The maximum atomic E-state index is 10.6. The van der Waals surface area contributed by atoms with Crippen molar-refractivity contribution in [1.82, 2.24) is 0 Å². The zero-order valence-corrected chi connectivity index (χ0v) is 8.58. The number of unbranched alkanes of at least 4 members (excludes halogenated alkanes) is 1. The molecule has 1 unspecified atom stereocenters. The molecule has 0 aromatic heterocycles. The molecule has 0 aliphatic rings. The minimum atomic E-state index is -2.77. The van der Waals surface area contributed by atoms with Crippen molar-refractivity contribution in [3.8, 4) is 0 Å². The van der Waals surface area contributed by atoms with Gasteiger partial charge >= 0.3 is 0 Å². The maximum absolute atomic E-state index is 10.6. The van der Waals surface area contributed by atoms with Gasteiger partial charge in [0.05, 0.1) is 0 Å². The molecule has 0 saturated carbocycles. The molecular formula is C7H15ClO2S. The van der Waals surface area contributed by atoms with Gasteiger partial charge in [0.15, 0.2) is 0 Å². The number of hydrogen-bond acceptors (Lipinski definition) is 2. The fraction of sp³-hybridized carbons (Fsp3) is 1.00. The Morgan fingerprint density at radius 2 is 1.91 bits per heavy atom. The van der Waals surface area contributed by atoms with Gasteiger partial charge in [-0.2, -0.15) is 0 Å². The van der Waals surface area contributed by atoms with Crippen LogP contribution in [0.3, 0.4) is 0 Å². The van der Waals surface area contributed by atoms with Crippen LogP contribution >= 0.6 is 11.6 Å². The van der Waals surface area contributed by atoms with Crippen LogP contribution in [0.2, 0.25) is 0 Å². The molecule has 0 amide bonds. The van der Waals surface area contributed by atoms with Crippen LogP contribution in [0.4, 0.5) is 0 Å². The molecule has 0 aliphatic heterocycles. The number of alkyl halides is 1. The van der Waals surface area contributed by atoms with Gasteiger partial charge in [-0.1, -0.05) is 6.42 Å². The summed E-state index contributed by atoms with van der Waals surface area (Å²) >= 11 is 5.68. The van der Waals surface area contributed by atoms with Gasteiger partial charge < -0.3 is 0 Å². The van der Waals surface area contributed by atoms with E-state index in [1.54, 1.807) is 0 Å². The van der Waals surface area contributed by atoms with Crippen LogP contribution in [0.15, 0.2) is 0 Å². The fourth-order valence-electron chi connectivity index (χ4n) is 0.790. The molecule has 0 saturated heterocycles. The van der Waals surface area contributed by atoms with E-state index in [2.05, 4.69) is 0 Å². The van der Waals surface area contributed by atoms with Gasteiger partial charge in [0.25, 0.3) is 0 Å². The summed E-state index contributed by atoms with van der Waals surface area (Å²) < 4.78 is 21.3. The Kier molecular flexibility index (Phi) is 5.10. The molecule has 0 aliphatic carbocycles. The van der Waals surface area contributed by atoms with Gasteiger partial charge in [-0.3, -0.25) is 0 Å². The molecule has 11 heavy (non-hydrogen) atoms. The lowest BCUT2D eigenvalue weighted by Crippen LogP contribution is -2.03. The molecule has 1 atom stereocenters. The number of hydrogen-bond donors (Lipinski definition) is 0. The van der Waals surface area contributed by atoms with Crippen molar-refractivity contribution in [3.63, 3.8) is 0 Å². The molecule has 0 bridgehead atoms. The van der Waals surface area contributed by atoms with Crippen molar-refractivity contribution in [2.24, 2.45) is 0 Å². The maximum Gasteiger partial charge on any atom is 0.147 e. The van der Waals surface area contributed by atoms with Crippen LogP contribution < -0.4 is 0 Å². The van der Waals surface area contributed by atoms with Crippen molar-refractivity contribution in [1.29, 1.82) is 0 Å². The highest BCUT2D eigenvalue weighted by Crippen LogP contribution is 2.06. The van der Waals surface area contributed by atoms with E-state index in [9.17, 15) is 8.42 Å². The highest BCUT2D eigenvalue weighted by molar-refractivity contribution is 7.90. The van der Waals surface area contributed by atoms with Gasteiger partial charge in [0, 0.05) is 17.4 Å². The molecule has 0 aromatic carbocycles. The number of rotatable bonds is 5. The van der Waals surface area contributed by atoms with Crippen molar-refractivity contribution >= 4 is 21.4 Å². The summed E-state index contributed by atoms with van der Waals surface area (Å²) in [5.74, 6) is 0.288. The first-order valence-electron chi connectivity index (χ1n) is 3.73. The molecule has 4 heteroatoms. The topological polar surface area (TPSA) is 34.1 Å². The molecule has 2 nitrogen and oxygen atoms in total. The van der Waals surface area contributed by atoms with Crippen molar-refractivity contribution in [3.05, 3.63) is 0 Å². The third-order valence-corrected chi connectivity index (χ3v) is 2.62. The first kappa shape index (κ1) is 11.2. The normalized spacial score (nSPS) is 14.8. The molecule has 0 fully saturated rings. The second kappa shape index (κ2) is 4.99. The third kappa shape index (κ3) is 10.2. The first-order valence-corrected chi connectivity index (χ1v) is 6.23. The van der Waals surface area contributed by atoms with Gasteiger partial charge in [-0.25, -0.2) is 8.42 Å². The number of sulfone groups is 1. The molecule has 0 rings (SSSR count). The van der Waals surface area contributed by atoms with Crippen molar-refractivity contribution < 1.29 is 8.42 Å². The predicted octanol–water partition coefficient (Wildman–Crippen LogP) is 1.83. The van der Waals surface area contributed by atoms with Crippen LogP contribution in [-0.4, -0.2) is 25.8 Å². The van der Waals surface area contributed by atoms with Crippen molar-refractivity contribution in [2.75, 3.05) is 12.0 Å². The first-order chi connectivity index (χ1) is 4.92. The lowest BCUT2D eigenvalue weighted by Gasteiger charge is -2.00. The summed E-state index contributed by atoms with van der Waals surface area (Å²) in [6, 6.07) is 0. The van der Waals surface area contributed by atoms with Crippen LogP contribution in [-0.2, 0) is 9.84 Å². The SMILES string of the molecule is CC(Cl)CCCCS(C)(=O)=O. The van der Waals surface area contributed by atoms with Gasteiger partial charge in [-0.15, -0.1) is 11.6 Å². The zero-order valence-electron chi connectivity index (χ0n) is 7.01. The zero-order chi connectivity index (χ0) is 8.91.